The molecule has 0 spiro atoms. The third kappa shape index (κ3) is 1.90. The van der Waals surface area contributed by atoms with Gasteiger partial charge in [0.2, 0.25) is 0 Å². The van der Waals surface area contributed by atoms with E-state index in [1.54, 1.807) is 0 Å². The van der Waals surface area contributed by atoms with Crippen LogP contribution in [-0.2, 0) is 5.88 Å². The molecule has 4 unspecified atom stereocenters. The molecule has 0 aromatic heterocycles. The molecule has 1 heterocycles. The standard InChI is InChI=1S/C17H20ClN/c18-9-12-2-1-3-15(8-12)19-10-16-13-4-5-14(7-6-13)17(16)11-19/h1-5,8,13-14,16-17H,6-7,9-11H2. The van der Waals surface area contributed by atoms with Crippen molar-refractivity contribution in [3.8, 4) is 0 Å². The van der Waals surface area contributed by atoms with Gasteiger partial charge in [-0.2, -0.15) is 0 Å². The van der Waals surface area contributed by atoms with Gasteiger partial charge in [0.15, 0.2) is 0 Å². The van der Waals surface area contributed by atoms with E-state index in [-0.39, 0.29) is 0 Å². The molecular formula is C17H20ClN. The molecule has 2 bridgehead atoms. The van der Waals surface area contributed by atoms with E-state index in [9.17, 15) is 0 Å². The van der Waals surface area contributed by atoms with Crippen LogP contribution >= 0.6 is 11.6 Å². The number of allylic oxidation sites excluding steroid dienone is 2. The van der Waals surface area contributed by atoms with Crippen LogP contribution in [0.4, 0.5) is 5.69 Å². The highest BCUT2D eigenvalue weighted by Gasteiger charge is 2.45. The van der Waals surface area contributed by atoms with E-state index in [1.165, 1.54) is 37.2 Å². The molecule has 1 saturated carbocycles. The summed E-state index contributed by atoms with van der Waals surface area (Å²) in [7, 11) is 0. The average Bonchev–Trinajstić information content (AvgIpc) is 2.96. The Hall–Kier alpha value is -0.950. The lowest BCUT2D eigenvalue weighted by Gasteiger charge is -2.40. The number of hydrogen-bond acceptors (Lipinski definition) is 1. The summed E-state index contributed by atoms with van der Waals surface area (Å²) in [4.78, 5) is 2.59. The summed E-state index contributed by atoms with van der Waals surface area (Å²) < 4.78 is 0. The van der Waals surface area contributed by atoms with Gasteiger partial charge in [0, 0.05) is 24.7 Å². The molecule has 4 aliphatic rings. The van der Waals surface area contributed by atoms with Crippen LogP contribution < -0.4 is 4.90 Å². The molecule has 1 nitrogen and oxygen atoms in total. The van der Waals surface area contributed by atoms with Crippen LogP contribution in [0.5, 0.6) is 0 Å². The van der Waals surface area contributed by atoms with E-state index in [0.717, 1.165) is 23.7 Å². The summed E-state index contributed by atoms with van der Waals surface area (Å²) in [6, 6.07) is 8.76. The van der Waals surface area contributed by atoms with Crippen molar-refractivity contribution in [2.24, 2.45) is 23.7 Å². The fourth-order valence-corrected chi connectivity index (χ4v) is 4.55. The quantitative estimate of drug-likeness (QED) is 0.580. The molecule has 1 aromatic rings. The van der Waals surface area contributed by atoms with Gasteiger partial charge in [-0.1, -0.05) is 24.3 Å². The van der Waals surface area contributed by atoms with Gasteiger partial charge < -0.3 is 4.90 Å². The normalized spacial score (nSPS) is 35.7. The minimum Gasteiger partial charge on any atom is -0.371 e. The summed E-state index contributed by atoms with van der Waals surface area (Å²) in [5.74, 6) is 4.08. The first-order valence-electron chi connectivity index (χ1n) is 7.43. The van der Waals surface area contributed by atoms with Gasteiger partial charge in [0.25, 0.3) is 0 Å². The minimum absolute atomic E-state index is 0.612. The van der Waals surface area contributed by atoms with Crippen LogP contribution in [0, 0.1) is 23.7 Å². The van der Waals surface area contributed by atoms with Crippen LogP contribution in [0.1, 0.15) is 18.4 Å². The van der Waals surface area contributed by atoms with E-state index in [2.05, 4.69) is 41.3 Å². The maximum Gasteiger partial charge on any atom is 0.0474 e. The van der Waals surface area contributed by atoms with Crippen molar-refractivity contribution >= 4 is 17.3 Å². The van der Waals surface area contributed by atoms with Crippen molar-refractivity contribution in [2.45, 2.75) is 18.7 Å². The highest BCUT2D eigenvalue weighted by molar-refractivity contribution is 6.17. The Morgan fingerprint density at radius 1 is 1.05 bits per heavy atom. The summed E-state index contributed by atoms with van der Waals surface area (Å²) in [5.41, 5.74) is 2.60. The molecule has 1 aliphatic heterocycles. The number of benzene rings is 1. The third-order valence-electron chi connectivity index (χ3n) is 5.38. The minimum atomic E-state index is 0.612. The first kappa shape index (κ1) is 11.8. The molecule has 100 valence electrons. The molecule has 0 radical (unpaired) electrons. The zero-order valence-corrected chi connectivity index (χ0v) is 11.9. The molecule has 2 fully saturated rings. The SMILES string of the molecule is ClCc1cccc(N2CC3C4C=CC(CC4)C3C2)c1. The Morgan fingerprint density at radius 2 is 1.74 bits per heavy atom. The van der Waals surface area contributed by atoms with Crippen LogP contribution in [-0.4, -0.2) is 13.1 Å². The van der Waals surface area contributed by atoms with E-state index >= 15 is 0 Å². The molecular weight excluding hydrogens is 254 g/mol. The Balaban J connectivity index is 1.59. The molecule has 1 saturated heterocycles. The van der Waals surface area contributed by atoms with Crippen molar-refractivity contribution in [2.75, 3.05) is 18.0 Å². The van der Waals surface area contributed by atoms with Gasteiger partial charge in [-0.25, -0.2) is 0 Å². The molecule has 3 aliphatic carbocycles. The number of alkyl halides is 1. The molecule has 5 rings (SSSR count). The maximum atomic E-state index is 5.96. The molecule has 0 N–H and O–H groups in total. The van der Waals surface area contributed by atoms with E-state index in [0.29, 0.717) is 5.88 Å². The second-order valence-corrected chi connectivity index (χ2v) is 6.59. The van der Waals surface area contributed by atoms with Crippen molar-refractivity contribution in [3.05, 3.63) is 42.0 Å². The number of fused-ring (bicyclic) bond motifs is 1. The third-order valence-corrected chi connectivity index (χ3v) is 5.69. The van der Waals surface area contributed by atoms with Crippen LogP contribution in [0.3, 0.4) is 0 Å². The Labute approximate surface area is 120 Å². The fourth-order valence-electron chi connectivity index (χ4n) is 4.38. The van der Waals surface area contributed by atoms with Gasteiger partial charge in [-0.15, -0.1) is 11.6 Å². The molecule has 19 heavy (non-hydrogen) atoms. The average molecular weight is 274 g/mol. The highest BCUT2D eigenvalue weighted by Crippen LogP contribution is 2.49. The highest BCUT2D eigenvalue weighted by atomic mass is 35.5. The molecule has 1 aromatic carbocycles. The molecule has 4 atom stereocenters. The topological polar surface area (TPSA) is 3.24 Å². The lowest BCUT2D eigenvalue weighted by molar-refractivity contribution is 0.169. The predicted molar refractivity (Wildman–Crippen MR) is 80.5 cm³/mol. The van der Waals surface area contributed by atoms with Gasteiger partial charge in [0.05, 0.1) is 0 Å². The van der Waals surface area contributed by atoms with Gasteiger partial charge in [-0.3, -0.25) is 0 Å². The first-order valence-corrected chi connectivity index (χ1v) is 7.97. The summed E-state index contributed by atoms with van der Waals surface area (Å²) in [5, 5.41) is 0. The van der Waals surface area contributed by atoms with Crippen molar-refractivity contribution < 1.29 is 0 Å². The second kappa shape index (κ2) is 4.56. The van der Waals surface area contributed by atoms with Crippen molar-refractivity contribution in [1.82, 2.24) is 0 Å². The number of hydrogen-bond donors (Lipinski definition) is 0. The predicted octanol–water partition coefficient (Wildman–Crippen LogP) is 4.07. The molecule has 0 amide bonds. The number of anilines is 1. The Bertz CT molecular complexity index is 488. The maximum absolute atomic E-state index is 5.96. The zero-order chi connectivity index (χ0) is 12.8. The van der Waals surface area contributed by atoms with Crippen LogP contribution in [0.15, 0.2) is 36.4 Å². The number of halogens is 1. The summed E-state index contributed by atoms with van der Waals surface area (Å²) in [6.45, 7) is 2.48. The van der Waals surface area contributed by atoms with Gasteiger partial charge in [-0.05, 0) is 54.2 Å². The number of rotatable bonds is 2. The Kier molecular flexibility index (Phi) is 2.84. The summed E-state index contributed by atoms with van der Waals surface area (Å²) in [6.07, 6.45) is 7.82. The second-order valence-electron chi connectivity index (χ2n) is 6.33. The van der Waals surface area contributed by atoms with Crippen LogP contribution in [0.2, 0.25) is 0 Å². The fraction of sp³-hybridized carbons (Fsp3) is 0.529. The zero-order valence-electron chi connectivity index (χ0n) is 11.1. The molecule has 2 heteroatoms. The summed E-state index contributed by atoms with van der Waals surface area (Å²) >= 11 is 5.96. The monoisotopic (exact) mass is 273 g/mol. The lowest BCUT2D eigenvalue weighted by atomic mass is 9.64. The van der Waals surface area contributed by atoms with E-state index in [4.69, 9.17) is 11.6 Å². The lowest BCUT2D eigenvalue weighted by Crippen LogP contribution is -2.35. The first-order chi connectivity index (χ1) is 9.35. The van der Waals surface area contributed by atoms with E-state index in [1.807, 2.05) is 0 Å². The van der Waals surface area contributed by atoms with Crippen molar-refractivity contribution in [1.29, 1.82) is 0 Å². The van der Waals surface area contributed by atoms with Gasteiger partial charge in [0.1, 0.15) is 0 Å². The van der Waals surface area contributed by atoms with Gasteiger partial charge >= 0.3 is 0 Å². The van der Waals surface area contributed by atoms with E-state index < -0.39 is 0 Å². The van der Waals surface area contributed by atoms with Crippen molar-refractivity contribution in [3.63, 3.8) is 0 Å². The number of nitrogens with zero attached hydrogens (tertiary/aromatic N) is 1. The van der Waals surface area contributed by atoms with Crippen LogP contribution in [0.25, 0.3) is 0 Å². The smallest absolute Gasteiger partial charge is 0.0474 e. The Morgan fingerprint density at radius 3 is 2.32 bits per heavy atom. The largest absolute Gasteiger partial charge is 0.371 e.